The molecule has 0 fully saturated rings. The number of halogens is 2. The zero-order valence-electron chi connectivity index (χ0n) is 8.41. The molecule has 1 N–H and O–H groups in total. The number of carbonyl (C=O) groups is 1. The van der Waals surface area contributed by atoms with Crippen LogP contribution in [0.5, 0.6) is 0 Å². The summed E-state index contributed by atoms with van der Waals surface area (Å²) in [5.41, 5.74) is 1.91. The smallest absolute Gasteiger partial charge is 0.427 e. The predicted molar refractivity (Wildman–Crippen MR) is 61.0 cm³/mol. The summed E-state index contributed by atoms with van der Waals surface area (Å²) < 4.78 is 7.12. The Balaban J connectivity index is 2.67. The lowest BCUT2D eigenvalue weighted by Gasteiger charge is -2.19. The first kappa shape index (κ1) is 12.4. The van der Waals surface area contributed by atoms with E-state index in [-0.39, 0.29) is 0 Å². The summed E-state index contributed by atoms with van der Waals surface area (Å²) in [6.45, 7) is 5.34. The number of rotatable bonds is 1. The van der Waals surface area contributed by atoms with Crippen molar-refractivity contribution in [3.63, 3.8) is 0 Å². The first-order valence-corrected chi connectivity index (χ1v) is 5.64. The minimum Gasteiger partial charge on any atom is -0.443 e. The van der Waals surface area contributed by atoms with Gasteiger partial charge in [0.1, 0.15) is 5.60 Å². The summed E-state index contributed by atoms with van der Waals surface area (Å²) in [5.74, 6) is 0. The molecule has 6 nitrogen and oxygen atoms in total. The zero-order valence-corrected chi connectivity index (χ0v) is 11.6. The summed E-state index contributed by atoms with van der Waals surface area (Å²) in [7, 11) is 0. The standard InChI is InChI=1S/C7H10Br2N4O2/c1-7(2,3)15-6(14)12-13-4(8)10-11-5(13)9/h1-3H3,(H,12,14). The van der Waals surface area contributed by atoms with Gasteiger partial charge >= 0.3 is 6.09 Å². The van der Waals surface area contributed by atoms with Crippen LogP contribution in [0.15, 0.2) is 9.47 Å². The van der Waals surface area contributed by atoms with Crippen LogP contribution >= 0.6 is 31.9 Å². The highest BCUT2D eigenvalue weighted by atomic mass is 79.9. The molecule has 1 aromatic rings. The predicted octanol–water partition coefficient (Wildman–Crippen LogP) is 2.28. The third-order valence-corrected chi connectivity index (χ3v) is 2.21. The van der Waals surface area contributed by atoms with E-state index in [1.807, 2.05) is 0 Å². The lowest BCUT2D eigenvalue weighted by molar-refractivity contribution is 0.0612. The second-order valence-electron chi connectivity index (χ2n) is 3.69. The van der Waals surface area contributed by atoms with E-state index < -0.39 is 11.7 Å². The lowest BCUT2D eigenvalue weighted by atomic mass is 10.2. The van der Waals surface area contributed by atoms with Crippen LogP contribution in [0, 0.1) is 0 Å². The number of nitrogens with one attached hydrogen (secondary N) is 1. The van der Waals surface area contributed by atoms with Crippen molar-refractivity contribution in [2.45, 2.75) is 26.4 Å². The second kappa shape index (κ2) is 4.48. The normalized spacial score (nSPS) is 11.3. The van der Waals surface area contributed by atoms with Gasteiger partial charge in [0, 0.05) is 0 Å². The van der Waals surface area contributed by atoms with Gasteiger partial charge in [-0.2, -0.15) is 4.68 Å². The van der Waals surface area contributed by atoms with E-state index in [1.54, 1.807) is 20.8 Å². The fourth-order valence-electron chi connectivity index (χ4n) is 0.733. The van der Waals surface area contributed by atoms with Gasteiger partial charge in [0.2, 0.25) is 9.47 Å². The van der Waals surface area contributed by atoms with Crippen LogP contribution in [-0.4, -0.2) is 26.6 Å². The van der Waals surface area contributed by atoms with Gasteiger partial charge in [-0.05, 0) is 52.6 Å². The Morgan fingerprint density at radius 1 is 1.33 bits per heavy atom. The lowest BCUT2D eigenvalue weighted by Crippen LogP contribution is -2.31. The van der Waals surface area contributed by atoms with Gasteiger partial charge in [-0.1, -0.05) is 0 Å². The van der Waals surface area contributed by atoms with Crippen molar-refractivity contribution in [2.24, 2.45) is 0 Å². The van der Waals surface area contributed by atoms with Gasteiger partial charge in [-0.25, -0.2) is 10.2 Å². The van der Waals surface area contributed by atoms with Crippen molar-refractivity contribution >= 4 is 38.0 Å². The molecular formula is C7H10Br2N4O2. The van der Waals surface area contributed by atoms with Crippen LogP contribution in [0.4, 0.5) is 4.79 Å². The molecule has 84 valence electrons. The molecule has 0 unspecified atom stereocenters. The second-order valence-corrected chi connectivity index (χ2v) is 5.11. The summed E-state index contributed by atoms with van der Waals surface area (Å²) in [6, 6.07) is 0. The number of hydrogen-bond donors (Lipinski definition) is 1. The first-order valence-electron chi connectivity index (χ1n) is 4.06. The summed E-state index contributed by atoms with van der Waals surface area (Å²) >= 11 is 6.23. The van der Waals surface area contributed by atoms with Crippen molar-refractivity contribution in [2.75, 3.05) is 5.43 Å². The number of amides is 1. The molecule has 0 aliphatic carbocycles. The maximum absolute atomic E-state index is 11.4. The average Bonchev–Trinajstić information content (AvgIpc) is 2.32. The van der Waals surface area contributed by atoms with E-state index in [4.69, 9.17) is 4.74 Å². The third-order valence-electron chi connectivity index (χ3n) is 1.19. The Morgan fingerprint density at radius 3 is 2.20 bits per heavy atom. The van der Waals surface area contributed by atoms with E-state index in [0.717, 1.165) is 0 Å². The zero-order chi connectivity index (χ0) is 11.6. The molecular weight excluding hydrogens is 332 g/mol. The van der Waals surface area contributed by atoms with Crippen LogP contribution in [0.3, 0.4) is 0 Å². The maximum Gasteiger partial charge on any atom is 0.427 e. The molecule has 0 bridgehead atoms. The molecule has 0 aliphatic heterocycles. The SMILES string of the molecule is CC(C)(C)OC(=O)Nn1c(Br)nnc1Br. The Kier molecular flexibility index (Phi) is 3.72. The van der Waals surface area contributed by atoms with Gasteiger partial charge in [-0.15, -0.1) is 10.2 Å². The molecule has 0 radical (unpaired) electrons. The summed E-state index contributed by atoms with van der Waals surface area (Å²) in [6.07, 6.45) is -0.580. The molecule has 0 spiro atoms. The molecule has 0 aromatic carbocycles. The Morgan fingerprint density at radius 2 is 1.80 bits per heavy atom. The van der Waals surface area contributed by atoms with Crippen molar-refractivity contribution in [1.29, 1.82) is 0 Å². The highest BCUT2D eigenvalue weighted by Gasteiger charge is 2.18. The monoisotopic (exact) mass is 340 g/mol. The van der Waals surface area contributed by atoms with Gasteiger partial charge in [0.25, 0.3) is 0 Å². The van der Waals surface area contributed by atoms with E-state index in [9.17, 15) is 4.79 Å². The number of hydrogen-bond acceptors (Lipinski definition) is 4. The van der Waals surface area contributed by atoms with Crippen molar-refractivity contribution in [3.8, 4) is 0 Å². The van der Waals surface area contributed by atoms with Crippen molar-refractivity contribution in [3.05, 3.63) is 9.47 Å². The topological polar surface area (TPSA) is 69.0 Å². The molecule has 8 heteroatoms. The highest BCUT2D eigenvalue weighted by Crippen LogP contribution is 2.13. The van der Waals surface area contributed by atoms with Crippen LogP contribution in [0.1, 0.15) is 20.8 Å². The Hall–Kier alpha value is -0.630. The molecule has 1 rings (SSSR count). The van der Waals surface area contributed by atoms with Crippen LogP contribution in [-0.2, 0) is 4.74 Å². The molecule has 0 saturated carbocycles. The van der Waals surface area contributed by atoms with Crippen LogP contribution in [0.25, 0.3) is 0 Å². The Bertz CT molecular complexity index is 352. The van der Waals surface area contributed by atoms with Gasteiger partial charge in [-0.3, -0.25) is 0 Å². The van der Waals surface area contributed by atoms with E-state index in [0.29, 0.717) is 9.47 Å². The van der Waals surface area contributed by atoms with Crippen LogP contribution < -0.4 is 5.43 Å². The van der Waals surface area contributed by atoms with Crippen molar-refractivity contribution < 1.29 is 9.53 Å². The van der Waals surface area contributed by atoms with Gasteiger partial charge < -0.3 is 4.74 Å². The minimum atomic E-state index is -0.580. The van der Waals surface area contributed by atoms with E-state index >= 15 is 0 Å². The molecule has 0 atom stereocenters. The number of nitrogens with zero attached hydrogens (tertiary/aromatic N) is 3. The number of ether oxygens (including phenoxy) is 1. The molecule has 0 saturated heterocycles. The maximum atomic E-state index is 11.4. The van der Waals surface area contributed by atoms with Gasteiger partial charge in [0.05, 0.1) is 0 Å². The molecule has 15 heavy (non-hydrogen) atoms. The third kappa shape index (κ3) is 3.78. The number of aromatic nitrogens is 3. The fourth-order valence-corrected chi connectivity index (χ4v) is 1.64. The summed E-state index contributed by atoms with van der Waals surface area (Å²) in [5, 5.41) is 7.36. The first-order chi connectivity index (χ1) is 6.79. The molecule has 1 heterocycles. The Labute approximate surface area is 104 Å². The van der Waals surface area contributed by atoms with E-state index in [2.05, 4.69) is 47.5 Å². The van der Waals surface area contributed by atoms with Gasteiger partial charge in [0.15, 0.2) is 0 Å². The summed E-state index contributed by atoms with van der Waals surface area (Å²) in [4.78, 5) is 11.4. The highest BCUT2D eigenvalue weighted by molar-refractivity contribution is 9.11. The molecule has 0 aliphatic rings. The molecule has 1 amide bonds. The quantitative estimate of drug-likeness (QED) is 0.850. The largest absolute Gasteiger partial charge is 0.443 e. The minimum absolute atomic E-state index is 0.375. The van der Waals surface area contributed by atoms with E-state index in [1.165, 1.54) is 4.68 Å². The fraction of sp³-hybridized carbons (Fsp3) is 0.571. The van der Waals surface area contributed by atoms with Crippen LogP contribution in [0.2, 0.25) is 0 Å². The van der Waals surface area contributed by atoms with Crippen molar-refractivity contribution in [1.82, 2.24) is 14.9 Å². The number of carbonyl (C=O) groups excluding carboxylic acids is 1. The average molecular weight is 342 g/mol. The molecule has 1 aromatic heterocycles.